The number of anilines is 1. The van der Waals surface area contributed by atoms with E-state index in [0.29, 0.717) is 6.54 Å². The molecule has 0 bridgehead atoms. The second-order valence-electron chi connectivity index (χ2n) is 8.24. The third-order valence-corrected chi connectivity index (χ3v) is 5.20. The van der Waals surface area contributed by atoms with Crippen LogP contribution in [-0.4, -0.2) is 43.7 Å². The predicted molar refractivity (Wildman–Crippen MR) is 112 cm³/mol. The topological polar surface area (TPSA) is 35.6 Å². The third kappa shape index (κ3) is 5.25. The van der Waals surface area contributed by atoms with Gasteiger partial charge in [-0.1, -0.05) is 63.2 Å². The second-order valence-corrected chi connectivity index (χ2v) is 8.24. The van der Waals surface area contributed by atoms with Crippen molar-refractivity contribution in [1.82, 2.24) is 10.2 Å². The van der Waals surface area contributed by atoms with E-state index >= 15 is 0 Å². The van der Waals surface area contributed by atoms with E-state index in [1.54, 1.807) is 0 Å². The quantitative estimate of drug-likeness (QED) is 0.887. The molecule has 4 heteroatoms. The first-order chi connectivity index (χ1) is 12.9. The van der Waals surface area contributed by atoms with Gasteiger partial charge in [0, 0.05) is 38.4 Å². The van der Waals surface area contributed by atoms with Crippen LogP contribution in [0.2, 0.25) is 0 Å². The van der Waals surface area contributed by atoms with Crippen molar-refractivity contribution >= 4 is 11.7 Å². The molecule has 0 spiro atoms. The van der Waals surface area contributed by atoms with E-state index in [-0.39, 0.29) is 11.4 Å². The lowest BCUT2D eigenvalue weighted by Crippen LogP contribution is -2.52. The van der Waals surface area contributed by atoms with E-state index in [0.717, 1.165) is 32.6 Å². The fraction of sp³-hybridized carbons (Fsp3) is 0.435. The van der Waals surface area contributed by atoms with Crippen LogP contribution in [0, 0.1) is 0 Å². The largest absolute Gasteiger partial charge is 0.368 e. The van der Waals surface area contributed by atoms with Gasteiger partial charge in [0.15, 0.2) is 0 Å². The molecule has 2 aromatic carbocycles. The molecule has 0 radical (unpaired) electrons. The summed E-state index contributed by atoms with van der Waals surface area (Å²) in [4.78, 5) is 16.7. The number of hydrogen-bond donors (Lipinski definition) is 1. The zero-order chi connectivity index (χ0) is 19.3. The van der Waals surface area contributed by atoms with Gasteiger partial charge >= 0.3 is 6.03 Å². The monoisotopic (exact) mass is 365 g/mol. The maximum absolute atomic E-state index is 12.4. The average Bonchev–Trinajstić information content (AvgIpc) is 2.68. The van der Waals surface area contributed by atoms with Gasteiger partial charge in [-0.15, -0.1) is 0 Å². The van der Waals surface area contributed by atoms with E-state index < -0.39 is 0 Å². The second kappa shape index (κ2) is 8.47. The molecule has 0 aromatic heterocycles. The Morgan fingerprint density at radius 1 is 0.926 bits per heavy atom. The Kier molecular flexibility index (Phi) is 6.04. The number of rotatable bonds is 4. The molecule has 27 heavy (non-hydrogen) atoms. The minimum atomic E-state index is 0.0497. The minimum absolute atomic E-state index is 0.0497. The summed E-state index contributed by atoms with van der Waals surface area (Å²) < 4.78 is 0. The molecule has 1 fully saturated rings. The summed E-state index contributed by atoms with van der Waals surface area (Å²) in [6.45, 7) is 10.7. The molecule has 2 aromatic rings. The van der Waals surface area contributed by atoms with E-state index in [1.807, 2.05) is 23.1 Å². The molecule has 1 aliphatic rings. The molecule has 1 N–H and O–H groups in total. The highest BCUT2D eigenvalue weighted by molar-refractivity contribution is 5.74. The van der Waals surface area contributed by atoms with Gasteiger partial charge in [-0.2, -0.15) is 0 Å². The molecule has 0 atom stereocenters. The van der Waals surface area contributed by atoms with Gasteiger partial charge in [-0.25, -0.2) is 4.79 Å². The van der Waals surface area contributed by atoms with Crippen LogP contribution in [0.3, 0.4) is 0 Å². The van der Waals surface area contributed by atoms with Crippen LogP contribution < -0.4 is 10.2 Å². The molecule has 0 saturated carbocycles. The number of hydrogen-bond acceptors (Lipinski definition) is 2. The molecule has 1 heterocycles. The van der Waals surface area contributed by atoms with Crippen molar-refractivity contribution in [2.45, 2.75) is 32.6 Å². The fourth-order valence-electron chi connectivity index (χ4n) is 3.41. The summed E-state index contributed by atoms with van der Waals surface area (Å²) in [7, 11) is 0. The molecule has 1 saturated heterocycles. The summed E-state index contributed by atoms with van der Waals surface area (Å²) in [5.74, 6) is 0. The van der Waals surface area contributed by atoms with Gasteiger partial charge in [0.05, 0.1) is 0 Å². The number of amides is 2. The maximum Gasteiger partial charge on any atom is 0.317 e. The van der Waals surface area contributed by atoms with Crippen LogP contribution in [0.15, 0.2) is 54.6 Å². The lowest BCUT2D eigenvalue weighted by atomic mass is 9.87. The van der Waals surface area contributed by atoms with Crippen molar-refractivity contribution in [2.24, 2.45) is 0 Å². The first-order valence-corrected chi connectivity index (χ1v) is 9.86. The Labute approximate surface area is 163 Å². The Balaban J connectivity index is 1.45. The van der Waals surface area contributed by atoms with Crippen molar-refractivity contribution in [3.8, 4) is 0 Å². The normalized spacial score (nSPS) is 14.9. The first kappa shape index (κ1) is 19.3. The summed E-state index contributed by atoms with van der Waals surface area (Å²) in [6, 6.07) is 19.2. The molecule has 0 unspecified atom stereocenters. The van der Waals surface area contributed by atoms with Gasteiger partial charge in [0.25, 0.3) is 0 Å². The van der Waals surface area contributed by atoms with Gasteiger partial charge in [-0.3, -0.25) is 0 Å². The highest BCUT2D eigenvalue weighted by atomic mass is 16.2. The maximum atomic E-state index is 12.4. The fourth-order valence-corrected chi connectivity index (χ4v) is 3.41. The van der Waals surface area contributed by atoms with Crippen LogP contribution >= 0.6 is 0 Å². The molecule has 0 aliphatic carbocycles. The zero-order valence-electron chi connectivity index (χ0n) is 16.7. The van der Waals surface area contributed by atoms with Crippen LogP contribution in [0.25, 0.3) is 0 Å². The van der Waals surface area contributed by atoms with Crippen molar-refractivity contribution < 1.29 is 4.79 Å². The SMILES string of the molecule is CC(C)(C)c1ccc(N2CCN(C(=O)NCCc3ccccc3)CC2)cc1. The number of nitrogens with one attached hydrogen (secondary N) is 1. The lowest BCUT2D eigenvalue weighted by molar-refractivity contribution is 0.194. The number of carbonyl (C=O) groups is 1. The smallest absolute Gasteiger partial charge is 0.317 e. The van der Waals surface area contributed by atoms with Crippen LogP contribution in [0.4, 0.5) is 10.5 Å². The third-order valence-electron chi connectivity index (χ3n) is 5.20. The van der Waals surface area contributed by atoms with Gasteiger partial charge in [-0.05, 0) is 35.1 Å². The van der Waals surface area contributed by atoms with Gasteiger partial charge in [0.2, 0.25) is 0 Å². The molecule has 144 valence electrons. The van der Waals surface area contributed by atoms with Crippen molar-refractivity contribution in [3.63, 3.8) is 0 Å². The highest BCUT2D eigenvalue weighted by Crippen LogP contribution is 2.25. The van der Waals surface area contributed by atoms with E-state index in [1.165, 1.54) is 16.8 Å². The van der Waals surface area contributed by atoms with Gasteiger partial charge in [0.1, 0.15) is 0 Å². The Bertz CT molecular complexity index is 726. The number of nitrogens with zero attached hydrogens (tertiary/aromatic N) is 2. The molecular formula is C23H31N3O. The zero-order valence-corrected chi connectivity index (χ0v) is 16.7. The van der Waals surface area contributed by atoms with Gasteiger partial charge < -0.3 is 15.1 Å². The average molecular weight is 366 g/mol. The molecule has 4 nitrogen and oxygen atoms in total. The van der Waals surface area contributed by atoms with Crippen molar-refractivity contribution in [3.05, 3.63) is 65.7 Å². The molecular weight excluding hydrogens is 334 g/mol. The van der Waals surface area contributed by atoms with Crippen LogP contribution in [-0.2, 0) is 11.8 Å². The number of piperazine rings is 1. The summed E-state index contributed by atoms with van der Waals surface area (Å²) in [5.41, 5.74) is 4.02. The van der Waals surface area contributed by atoms with Crippen molar-refractivity contribution in [1.29, 1.82) is 0 Å². The number of carbonyl (C=O) groups excluding carboxylic acids is 1. The Hall–Kier alpha value is -2.49. The van der Waals surface area contributed by atoms with Crippen molar-refractivity contribution in [2.75, 3.05) is 37.6 Å². The highest BCUT2D eigenvalue weighted by Gasteiger charge is 2.21. The predicted octanol–water partition coefficient (Wildman–Crippen LogP) is 4.06. The first-order valence-electron chi connectivity index (χ1n) is 9.86. The van der Waals surface area contributed by atoms with Crippen LogP contribution in [0.5, 0.6) is 0 Å². The van der Waals surface area contributed by atoms with E-state index in [9.17, 15) is 4.79 Å². The Morgan fingerprint density at radius 2 is 1.56 bits per heavy atom. The lowest BCUT2D eigenvalue weighted by Gasteiger charge is -2.36. The van der Waals surface area contributed by atoms with E-state index in [4.69, 9.17) is 0 Å². The number of urea groups is 1. The number of benzene rings is 2. The summed E-state index contributed by atoms with van der Waals surface area (Å²) >= 11 is 0. The van der Waals surface area contributed by atoms with Crippen LogP contribution in [0.1, 0.15) is 31.9 Å². The minimum Gasteiger partial charge on any atom is -0.368 e. The van der Waals surface area contributed by atoms with E-state index in [2.05, 4.69) is 67.4 Å². The standard InChI is InChI=1S/C23H31N3O/c1-23(2,3)20-9-11-21(12-10-20)25-15-17-26(18-16-25)22(27)24-14-13-19-7-5-4-6-8-19/h4-12H,13-18H2,1-3H3,(H,24,27). The summed E-state index contributed by atoms with van der Waals surface area (Å²) in [5, 5.41) is 3.05. The molecule has 1 aliphatic heterocycles. The summed E-state index contributed by atoms with van der Waals surface area (Å²) in [6.07, 6.45) is 0.868. The molecule has 2 amide bonds. The molecule has 3 rings (SSSR count). The Morgan fingerprint density at radius 3 is 2.15 bits per heavy atom.